The van der Waals surface area contributed by atoms with Crippen molar-refractivity contribution in [2.75, 3.05) is 31.9 Å². The van der Waals surface area contributed by atoms with Crippen LogP contribution in [0.25, 0.3) is 0 Å². The molecule has 34 heavy (non-hydrogen) atoms. The van der Waals surface area contributed by atoms with Crippen LogP contribution in [0.4, 0.5) is 0 Å². The van der Waals surface area contributed by atoms with E-state index in [2.05, 4.69) is 0 Å². The van der Waals surface area contributed by atoms with Crippen molar-refractivity contribution in [3.63, 3.8) is 0 Å². The maximum Gasteiger partial charge on any atom is 0.246 e. The Labute approximate surface area is 202 Å². The Hall–Kier alpha value is -2.45. The molecule has 0 bridgehead atoms. The summed E-state index contributed by atoms with van der Waals surface area (Å²) in [6.07, 6.45) is 0.556. The Morgan fingerprint density at radius 2 is 1.53 bits per heavy atom. The summed E-state index contributed by atoms with van der Waals surface area (Å²) in [5.74, 6) is 0.936. The van der Waals surface area contributed by atoms with E-state index in [1.807, 2.05) is 52.0 Å². The Morgan fingerprint density at radius 1 is 0.941 bits per heavy atom. The van der Waals surface area contributed by atoms with E-state index in [1.165, 1.54) is 26.8 Å². The van der Waals surface area contributed by atoms with Crippen molar-refractivity contribution in [1.29, 1.82) is 5.26 Å². The van der Waals surface area contributed by atoms with Gasteiger partial charge in [-0.15, -0.1) is 0 Å². The number of aryl methyl sites for hydroxylation is 2. The SMILES string of the molecule is Cc1cc(C)cc(Oc2ccc(C#N)cc2S(=O)(=O)N2CCN(S(=O)(=O)CCC(C)C)CC2)c1. The van der Waals surface area contributed by atoms with Gasteiger partial charge in [0.05, 0.1) is 17.4 Å². The number of piperazine rings is 1. The lowest BCUT2D eigenvalue weighted by atomic mass is 10.1. The Kier molecular flexibility index (Phi) is 8.03. The lowest BCUT2D eigenvalue weighted by Crippen LogP contribution is -2.51. The van der Waals surface area contributed by atoms with E-state index in [1.54, 1.807) is 0 Å². The first-order valence-corrected chi connectivity index (χ1v) is 14.3. The zero-order valence-corrected chi connectivity index (χ0v) is 21.6. The summed E-state index contributed by atoms with van der Waals surface area (Å²) in [4.78, 5) is -0.109. The van der Waals surface area contributed by atoms with Gasteiger partial charge < -0.3 is 4.74 Å². The number of hydrogen-bond acceptors (Lipinski definition) is 6. The molecule has 0 radical (unpaired) electrons. The van der Waals surface area contributed by atoms with Gasteiger partial charge in [-0.25, -0.2) is 16.8 Å². The summed E-state index contributed by atoms with van der Waals surface area (Å²) >= 11 is 0. The number of ether oxygens (including phenoxy) is 1. The van der Waals surface area contributed by atoms with Crippen molar-refractivity contribution in [1.82, 2.24) is 8.61 Å². The molecule has 3 rings (SSSR count). The first-order valence-electron chi connectivity index (χ1n) is 11.2. The molecule has 2 aromatic carbocycles. The standard InChI is InChI=1S/C24H31N3O5S2/c1-18(2)7-12-33(28,29)26-8-10-27(11-9-26)34(30,31)24-16-21(17-25)5-6-23(24)32-22-14-19(3)13-20(4)15-22/h5-6,13-16,18H,7-12H2,1-4H3. The molecule has 8 nitrogen and oxygen atoms in total. The third-order valence-corrected chi connectivity index (χ3v) is 9.48. The van der Waals surface area contributed by atoms with E-state index in [-0.39, 0.29) is 54.1 Å². The second kappa shape index (κ2) is 10.4. The second-order valence-corrected chi connectivity index (χ2v) is 13.0. The van der Waals surface area contributed by atoms with Gasteiger partial charge >= 0.3 is 0 Å². The molecule has 0 amide bonds. The molecule has 1 saturated heterocycles. The average Bonchev–Trinajstić information content (AvgIpc) is 2.77. The molecule has 0 aromatic heterocycles. The second-order valence-electron chi connectivity index (χ2n) is 9.00. The van der Waals surface area contributed by atoms with Crippen LogP contribution in [0.1, 0.15) is 37.0 Å². The minimum absolute atomic E-state index is 0.0308. The van der Waals surface area contributed by atoms with Gasteiger partial charge in [-0.1, -0.05) is 19.9 Å². The van der Waals surface area contributed by atoms with Gasteiger partial charge in [-0.2, -0.15) is 13.9 Å². The summed E-state index contributed by atoms with van der Waals surface area (Å²) in [7, 11) is -7.46. The molecule has 0 spiro atoms. The predicted octanol–water partition coefficient (Wildman–Crippen LogP) is 3.65. The molecule has 184 valence electrons. The molecule has 10 heteroatoms. The molecule has 0 aliphatic carbocycles. The zero-order chi connectivity index (χ0) is 25.1. The van der Waals surface area contributed by atoms with Crippen LogP contribution in [-0.4, -0.2) is 57.4 Å². The lowest BCUT2D eigenvalue weighted by Gasteiger charge is -2.33. The van der Waals surface area contributed by atoms with Crippen molar-refractivity contribution in [3.05, 3.63) is 53.1 Å². The van der Waals surface area contributed by atoms with Gasteiger partial charge in [0.25, 0.3) is 0 Å². The van der Waals surface area contributed by atoms with Crippen LogP contribution in [0, 0.1) is 31.1 Å². The monoisotopic (exact) mass is 505 g/mol. The first kappa shape index (κ1) is 26.2. The highest BCUT2D eigenvalue weighted by Gasteiger charge is 2.34. The molecule has 1 aliphatic heterocycles. The van der Waals surface area contributed by atoms with Crippen LogP contribution >= 0.6 is 0 Å². The highest BCUT2D eigenvalue weighted by Crippen LogP contribution is 2.33. The molecular weight excluding hydrogens is 474 g/mol. The molecule has 1 heterocycles. The highest BCUT2D eigenvalue weighted by molar-refractivity contribution is 7.89. The fourth-order valence-electron chi connectivity index (χ4n) is 3.82. The number of nitrogens with zero attached hydrogens (tertiary/aromatic N) is 3. The van der Waals surface area contributed by atoms with E-state index < -0.39 is 20.0 Å². The van der Waals surface area contributed by atoms with Crippen LogP contribution in [0.15, 0.2) is 41.3 Å². The normalized spacial score (nSPS) is 15.9. The van der Waals surface area contributed by atoms with Crippen molar-refractivity contribution < 1.29 is 21.6 Å². The average molecular weight is 506 g/mol. The van der Waals surface area contributed by atoms with Crippen molar-refractivity contribution in [2.45, 2.75) is 39.0 Å². The number of benzene rings is 2. The van der Waals surface area contributed by atoms with Gasteiger partial charge in [0.2, 0.25) is 20.0 Å². The van der Waals surface area contributed by atoms with Crippen molar-refractivity contribution in [3.8, 4) is 17.6 Å². The number of rotatable bonds is 8. The molecule has 0 N–H and O–H groups in total. The Balaban J connectivity index is 1.85. The van der Waals surface area contributed by atoms with E-state index in [9.17, 15) is 22.1 Å². The minimum atomic E-state index is -4.02. The molecule has 0 saturated carbocycles. The van der Waals surface area contributed by atoms with E-state index in [0.717, 1.165) is 11.1 Å². The van der Waals surface area contributed by atoms with Crippen LogP contribution in [0.5, 0.6) is 11.5 Å². The first-order chi connectivity index (χ1) is 15.9. The topological polar surface area (TPSA) is 108 Å². The summed E-state index contributed by atoms with van der Waals surface area (Å²) in [5, 5.41) is 9.33. The van der Waals surface area contributed by atoms with Crippen LogP contribution in [-0.2, 0) is 20.0 Å². The summed E-state index contributed by atoms with van der Waals surface area (Å²) < 4.78 is 60.9. The predicted molar refractivity (Wildman–Crippen MR) is 131 cm³/mol. The van der Waals surface area contributed by atoms with E-state index in [4.69, 9.17) is 4.74 Å². The maximum atomic E-state index is 13.5. The Morgan fingerprint density at radius 3 is 2.09 bits per heavy atom. The van der Waals surface area contributed by atoms with Crippen LogP contribution < -0.4 is 4.74 Å². The summed E-state index contributed by atoms with van der Waals surface area (Å²) in [5.41, 5.74) is 2.15. The van der Waals surface area contributed by atoms with Crippen LogP contribution in [0.3, 0.4) is 0 Å². The maximum absolute atomic E-state index is 13.5. The van der Waals surface area contributed by atoms with Gasteiger partial charge in [0.15, 0.2) is 0 Å². The van der Waals surface area contributed by atoms with Gasteiger partial charge in [0, 0.05) is 26.2 Å². The van der Waals surface area contributed by atoms with Crippen LogP contribution in [0.2, 0.25) is 0 Å². The number of nitriles is 1. The molecule has 2 aromatic rings. The Bertz CT molecular complexity index is 1270. The van der Waals surface area contributed by atoms with Gasteiger partial charge in [-0.05, 0) is 67.6 Å². The van der Waals surface area contributed by atoms with E-state index in [0.29, 0.717) is 12.2 Å². The largest absolute Gasteiger partial charge is 0.456 e. The summed E-state index contributed by atoms with van der Waals surface area (Å²) in [6, 6.07) is 11.9. The number of sulfonamides is 2. The smallest absolute Gasteiger partial charge is 0.246 e. The molecule has 0 atom stereocenters. The third-order valence-electron chi connectivity index (χ3n) is 5.66. The lowest BCUT2D eigenvalue weighted by molar-refractivity contribution is 0.272. The fraction of sp³-hybridized carbons (Fsp3) is 0.458. The molecule has 1 fully saturated rings. The zero-order valence-electron chi connectivity index (χ0n) is 20.0. The summed E-state index contributed by atoms with van der Waals surface area (Å²) in [6.45, 7) is 8.01. The van der Waals surface area contributed by atoms with E-state index >= 15 is 0 Å². The minimum Gasteiger partial charge on any atom is -0.456 e. The quantitative estimate of drug-likeness (QED) is 0.542. The van der Waals surface area contributed by atoms with Gasteiger partial charge in [0.1, 0.15) is 16.4 Å². The van der Waals surface area contributed by atoms with Crippen molar-refractivity contribution >= 4 is 20.0 Å². The highest BCUT2D eigenvalue weighted by atomic mass is 32.2. The van der Waals surface area contributed by atoms with Gasteiger partial charge in [-0.3, -0.25) is 0 Å². The fourth-order valence-corrected chi connectivity index (χ4v) is 7.13. The third kappa shape index (κ3) is 6.16. The number of hydrogen-bond donors (Lipinski definition) is 0. The molecule has 0 unspecified atom stereocenters. The molecular formula is C24H31N3O5S2. The molecule has 1 aliphatic rings. The van der Waals surface area contributed by atoms with Crippen molar-refractivity contribution in [2.24, 2.45) is 5.92 Å².